The quantitative estimate of drug-likeness (QED) is 0.653. The average molecular weight is 182 g/mol. The van der Waals surface area contributed by atoms with Crippen molar-refractivity contribution in [1.82, 2.24) is 10.6 Å². The van der Waals surface area contributed by atoms with Crippen LogP contribution in [0.25, 0.3) is 0 Å². The highest BCUT2D eigenvalue weighted by atomic mass is 16.2. The number of rotatable bonds is 2. The third-order valence-electron chi connectivity index (χ3n) is 3.19. The molecule has 2 fully saturated rings. The van der Waals surface area contributed by atoms with E-state index >= 15 is 0 Å². The zero-order valence-electron chi connectivity index (χ0n) is 8.18. The second-order valence-corrected chi connectivity index (χ2v) is 4.48. The van der Waals surface area contributed by atoms with Crippen molar-refractivity contribution in [3.63, 3.8) is 0 Å². The van der Waals surface area contributed by atoms with Crippen molar-refractivity contribution in [2.45, 2.75) is 32.2 Å². The average Bonchev–Trinajstić information content (AvgIpc) is 2.31. The van der Waals surface area contributed by atoms with Gasteiger partial charge >= 0.3 is 0 Å². The van der Waals surface area contributed by atoms with E-state index in [9.17, 15) is 4.79 Å². The molecule has 74 valence electrons. The molecule has 0 aromatic rings. The summed E-state index contributed by atoms with van der Waals surface area (Å²) in [6, 6.07) is 0.461. The van der Waals surface area contributed by atoms with Gasteiger partial charge in [0.2, 0.25) is 5.91 Å². The van der Waals surface area contributed by atoms with E-state index in [-0.39, 0.29) is 11.8 Å². The van der Waals surface area contributed by atoms with Crippen LogP contribution in [0.4, 0.5) is 0 Å². The van der Waals surface area contributed by atoms with Gasteiger partial charge in [-0.15, -0.1) is 0 Å². The lowest BCUT2D eigenvalue weighted by molar-refractivity contribution is -0.127. The van der Waals surface area contributed by atoms with E-state index in [1.165, 1.54) is 19.3 Å². The fourth-order valence-corrected chi connectivity index (χ4v) is 2.13. The molecule has 2 rings (SSSR count). The van der Waals surface area contributed by atoms with Crippen LogP contribution >= 0.6 is 0 Å². The summed E-state index contributed by atoms with van der Waals surface area (Å²) in [5, 5.41) is 6.25. The molecule has 2 unspecified atom stereocenters. The maximum absolute atomic E-state index is 11.5. The van der Waals surface area contributed by atoms with Crippen molar-refractivity contribution in [3.8, 4) is 0 Å². The van der Waals surface area contributed by atoms with Gasteiger partial charge in [-0.2, -0.15) is 0 Å². The molecule has 0 radical (unpaired) electrons. The van der Waals surface area contributed by atoms with E-state index in [4.69, 9.17) is 0 Å². The summed E-state index contributed by atoms with van der Waals surface area (Å²) >= 11 is 0. The SMILES string of the molecule is CC1CCC(NC(=O)C2CNC2)C1. The Bertz CT molecular complexity index is 201. The molecule has 0 aromatic heterocycles. The van der Waals surface area contributed by atoms with Crippen LogP contribution in [0.3, 0.4) is 0 Å². The molecular formula is C10H18N2O. The Hall–Kier alpha value is -0.570. The van der Waals surface area contributed by atoms with Crippen LogP contribution in [-0.4, -0.2) is 25.0 Å². The van der Waals surface area contributed by atoms with Gasteiger partial charge in [-0.05, 0) is 25.2 Å². The number of carbonyl (C=O) groups is 1. The number of hydrogen-bond acceptors (Lipinski definition) is 2. The molecule has 1 aliphatic carbocycles. The molecule has 3 nitrogen and oxygen atoms in total. The van der Waals surface area contributed by atoms with Gasteiger partial charge in [-0.25, -0.2) is 0 Å². The number of amides is 1. The van der Waals surface area contributed by atoms with Gasteiger partial charge in [0, 0.05) is 19.1 Å². The number of nitrogens with one attached hydrogen (secondary N) is 2. The van der Waals surface area contributed by atoms with E-state index in [0.29, 0.717) is 6.04 Å². The highest BCUT2D eigenvalue weighted by Crippen LogP contribution is 2.24. The third-order valence-corrected chi connectivity index (χ3v) is 3.19. The first-order valence-electron chi connectivity index (χ1n) is 5.27. The second-order valence-electron chi connectivity index (χ2n) is 4.48. The van der Waals surface area contributed by atoms with Crippen molar-refractivity contribution in [1.29, 1.82) is 0 Å². The molecule has 2 atom stereocenters. The normalized spacial score (nSPS) is 34.2. The van der Waals surface area contributed by atoms with Crippen LogP contribution in [-0.2, 0) is 4.79 Å². The molecule has 0 aromatic carbocycles. The molecule has 0 bridgehead atoms. The Kier molecular flexibility index (Phi) is 2.54. The minimum Gasteiger partial charge on any atom is -0.353 e. The maximum atomic E-state index is 11.5. The molecular weight excluding hydrogens is 164 g/mol. The molecule has 1 aliphatic heterocycles. The van der Waals surface area contributed by atoms with Gasteiger partial charge in [-0.1, -0.05) is 6.92 Å². The topological polar surface area (TPSA) is 41.1 Å². The highest BCUT2D eigenvalue weighted by Gasteiger charge is 2.29. The summed E-state index contributed by atoms with van der Waals surface area (Å²) in [6.45, 7) is 4.00. The number of hydrogen-bond donors (Lipinski definition) is 2. The third kappa shape index (κ3) is 2.02. The van der Waals surface area contributed by atoms with Gasteiger partial charge in [0.05, 0.1) is 5.92 Å². The van der Waals surface area contributed by atoms with Gasteiger partial charge in [0.1, 0.15) is 0 Å². The minimum absolute atomic E-state index is 0.246. The van der Waals surface area contributed by atoms with Crippen LogP contribution in [0.5, 0.6) is 0 Å². The lowest BCUT2D eigenvalue weighted by atomic mass is 10.0. The molecule has 2 N–H and O–H groups in total. The van der Waals surface area contributed by atoms with Crippen LogP contribution in [0.2, 0.25) is 0 Å². The lowest BCUT2D eigenvalue weighted by Gasteiger charge is -2.27. The minimum atomic E-state index is 0.246. The number of carbonyl (C=O) groups excluding carboxylic acids is 1. The Balaban J connectivity index is 1.74. The zero-order chi connectivity index (χ0) is 9.26. The summed E-state index contributed by atoms with van der Waals surface area (Å²) in [5.74, 6) is 1.30. The molecule has 2 aliphatic rings. The van der Waals surface area contributed by atoms with Crippen LogP contribution in [0.15, 0.2) is 0 Å². The Morgan fingerprint density at radius 1 is 1.38 bits per heavy atom. The van der Waals surface area contributed by atoms with Gasteiger partial charge in [0.15, 0.2) is 0 Å². The summed E-state index contributed by atoms with van der Waals surface area (Å²) < 4.78 is 0. The highest BCUT2D eigenvalue weighted by molar-refractivity contribution is 5.80. The van der Waals surface area contributed by atoms with Crippen LogP contribution in [0, 0.1) is 11.8 Å². The molecule has 1 heterocycles. The monoisotopic (exact) mass is 182 g/mol. The molecule has 3 heteroatoms. The van der Waals surface area contributed by atoms with Crippen molar-refractivity contribution in [3.05, 3.63) is 0 Å². The summed E-state index contributed by atoms with van der Waals surface area (Å²) in [4.78, 5) is 11.5. The summed E-state index contributed by atoms with van der Waals surface area (Å²) in [6.07, 6.45) is 3.62. The fraction of sp³-hybridized carbons (Fsp3) is 0.900. The van der Waals surface area contributed by atoms with E-state index < -0.39 is 0 Å². The molecule has 13 heavy (non-hydrogen) atoms. The van der Waals surface area contributed by atoms with Crippen molar-refractivity contribution < 1.29 is 4.79 Å². The van der Waals surface area contributed by atoms with Gasteiger partial charge in [0.25, 0.3) is 0 Å². The second kappa shape index (κ2) is 3.66. The van der Waals surface area contributed by atoms with E-state index in [1.54, 1.807) is 0 Å². The van der Waals surface area contributed by atoms with E-state index in [2.05, 4.69) is 17.6 Å². The summed E-state index contributed by atoms with van der Waals surface area (Å²) in [7, 11) is 0. The maximum Gasteiger partial charge on any atom is 0.225 e. The van der Waals surface area contributed by atoms with Crippen molar-refractivity contribution >= 4 is 5.91 Å². The fourth-order valence-electron chi connectivity index (χ4n) is 2.13. The Morgan fingerprint density at radius 3 is 2.62 bits per heavy atom. The molecule has 1 amide bonds. The Labute approximate surface area is 79.3 Å². The first-order chi connectivity index (χ1) is 6.25. The standard InChI is InChI=1S/C10H18N2O/c1-7-2-3-9(4-7)12-10(13)8-5-11-6-8/h7-9,11H,2-6H2,1H3,(H,12,13). The zero-order valence-corrected chi connectivity index (χ0v) is 8.18. The van der Waals surface area contributed by atoms with E-state index in [0.717, 1.165) is 19.0 Å². The van der Waals surface area contributed by atoms with Crippen molar-refractivity contribution in [2.75, 3.05) is 13.1 Å². The predicted octanol–water partition coefficient (Wildman–Crippen LogP) is 0.511. The molecule has 1 saturated carbocycles. The predicted molar refractivity (Wildman–Crippen MR) is 51.3 cm³/mol. The largest absolute Gasteiger partial charge is 0.353 e. The molecule has 1 saturated heterocycles. The summed E-state index contributed by atoms with van der Waals surface area (Å²) in [5.41, 5.74) is 0. The van der Waals surface area contributed by atoms with Crippen molar-refractivity contribution in [2.24, 2.45) is 11.8 Å². The van der Waals surface area contributed by atoms with Gasteiger partial charge in [-0.3, -0.25) is 4.79 Å². The van der Waals surface area contributed by atoms with E-state index in [1.807, 2.05) is 0 Å². The van der Waals surface area contributed by atoms with Crippen LogP contribution < -0.4 is 10.6 Å². The smallest absolute Gasteiger partial charge is 0.225 e. The first kappa shape index (κ1) is 9.00. The molecule has 0 spiro atoms. The first-order valence-corrected chi connectivity index (χ1v) is 5.27. The lowest BCUT2D eigenvalue weighted by Crippen LogP contribution is -2.52. The van der Waals surface area contributed by atoms with Gasteiger partial charge < -0.3 is 10.6 Å². The van der Waals surface area contributed by atoms with Crippen LogP contribution in [0.1, 0.15) is 26.2 Å². The Morgan fingerprint density at radius 2 is 2.15 bits per heavy atom.